The van der Waals surface area contributed by atoms with Gasteiger partial charge in [-0.15, -0.1) is 0 Å². The molecule has 0 bridgehead atoms. The number of aryl methyl sites for hydroxylation is 1. The Labute approximate surface area is 198 Å². The smallest absolute Gasteiger partial charge is 0.323 e. The van der Waals surface area contributed by atoms with Crippen LogP contribution in [-0.2, 0) is 11.8 Å². The third-order valence-electron chi connectivity index (χ3n) is 5.60. The van der Waals surface area contributed by atoms with Crippen molar-refractivity contribution in [2.24, 2.45) is 7.05 Å². The molecule has 0 aliphatic carbocycles. The van der Waals surface area contributed by atoms with Crippen molar-refractivity contribution < 1.29 is 18.7 Å². The van der Waals surface area contributed by atoms with Gasteiger partial charge in [0.1, 0.15) is 18.2 Å². The lowest BCUT2D eigenvalue weighted by Crippen LogP contribution is -2.46. The lowest BCUT2D eigenvalue weighted by atomic mass is 10.1. The van der Waals surface area contributed by atoms with E-state index in [9.17, 15) is 9.18 Å². The number of nitrogens with one attached hydrogen (secondary N) is 2. The highest BCUT2D eigenvalue weighted by Gasteiger charge is 2.22. The second-order valence-electron chi connectivity index (χ2n) is 8.50. The molecule has 2 aromatic carbocycles. The summed E-state index contributed by atoms with van der Waals surface area (Å²) in [7, 11) is 1.86. The number of aromatic nitrogens is 2. The average Bonchev–Trinajstić information content (AvgIpc) is 3.21. The maximum atomic E-state index is 13.1. The Morgan fingerprint density at radius 3 is 2.44 bits per heavy atom. The molecule has 1 saturated heterocycles. The molecular weight excluding hydrogens is 437 g/mol. The molecule has 2 atom stereocenters. The molecule has 1 aliphatic heterocycles. The number of benzene rings is 2. The van der Waals surface area contributed by atoms with Gasteiger partial charge in [-0.25, -0.2) is 9.18 Å². The summed E-state index contributed by atoms with van der Waals surface area (Å²) in [6.45, 7) is 7.26. The molecule has 9 heteroatoms. The first-order chi connectivity index (χ1) is 16.4. The van der Waals surface area contributed by atoms with E-state index in [1.165, 1.54) is 24.3 Å². The van der Waals surface area contributed by atoms with Crippen LogP contribution in [0.5, 0.6) is 5.75 Å². The van der Waals surface area contributed by atoms with Crippen LogP contribution in [0.3, 0.4) is 0 Å². The van der Waals surface area contributed by atoms with Crippen LogP contribution < -0.4 is 15.4 Å². The number of ether oxygens (including phenoxy) is 2. The van der Waals surface area contributed by atoms with Crippen LogP contribution in [-0.4, -0.2) is 59.2 Å². The molecule has 0 saturated carbocycles. The fraction of sp³-hybridized carbons (Fsp3) is 0.360. The number of anilines is 2. The Morgan fingerprint density at radius 2 is 1.76 bits per heavy atom. The van der Waals surface area contributed by atoms with Gasteiger partial charge in [0.15, 0.2) is 0 Å². The summed E-state index contributed by atoms with van der Waals surface area (Å²) in [5.74, 6) is 0.349. The molecule has 0 spiro atoms. The first-order valence-electron chi connectivity index (χ1n) is 11.3. The standard InChI is InChI=1S/C25H30FN5O3/c1-17-15-31(16-18(2)34-17)12-13-33-24-9-8-21(14-22(24)23-10-11-27-30(23)3)29-25(32)28-20-6-4-19(26)5-7-20/h4-11,14,17-18H,12-13,15-16H2,1-3H3,(H2,28,29,32)/t17-,18+. The van der Waals surface area contributed by atoms with Crippen molar-refractivity contribution in [1.82, 2.24) is 14.7 Å². The Balaban J connectivity index is 1.45. The number of hydrogen-bond donors (Lipinski definition) is 2. The molecule has 3 aromatic rings. The van der Waals surface area contributed by atoms with E-state index in [2.05, 4.69) is 34.5 Å². The largest absolute Gasteiger partial charge is 0.492 e. The molecule has 0 unspecified atom stereocenters. The van der Waals surface area contributed by atoms with Crippen molar-refractivity contribution in [2.45, 2.75) is 26.1 Å². The average molecular weight is 468 g/mol. The molecule has 180 valence electrons. The molecular formula is C25H30FN5O3. The third kappa shape index (κ3) is 6.12. The second kappa shape index (κ2) is 10.7. The SMILES string of the molecule is C[C@@H]1CN(CCOc2ccc(NC(=O)Nc3ccc(F)cc3)cc2-c2ccnn2C)C[C@H](C)O1. The Hall–Kier alpha value is -3.43. The Morgan fingerprint density at radius 1 is 1.09 bits per heavy atom. The highest BCUT2D eigenvalue weighted by Crippen LogP contribution is 2.32. The highest BCUT2D eigenvalue weighted by molar-refractivity contribution is 6.00. The summed E-state index contributed by atoms with van der Waals surface area (Å²) in [4.78, 5) is 14.8. The summed E-state index contributed by atoms with van der Waals surface area (Å²) in [5, 5.41) is 9.78. The third-order valence-corrected chi connectivity index (χ3v) is 5.60. The van der Waals surface area contributed by atoms with Crippen LogP contribution in [0.2, 0.25) is 0 Å². The number of carbonyl (C=O) groups excluding carboxylic acids is 1. The fourth-order valence-electron chi connectivity index (χ4n) is 4.15. The predicted octanol–water partition coefficient (Wildman–Crippen LogP) is 4.36. The molecule has 8 nitrogen and oxygen atoms in total. The zero-order chi connectivity index (χ0) is 24.1. The maximum absolute atomic E-state index is 13.1. The van der Waals surface area contributed by atoms with E-state index in [0.717, 1.165) is 30.9 Å². The van der Waals surface area contributed by atoms with E-state index in [1.54, 1.807) is 16.9 Å². The number of rotatable bonds is 7. The first kappa shape index (κ1) is 23.7. The van der Waals surface area contributed by atoms with Gasteiger partial charge in [-0.1, -0.05) is 0 Å². The quantitative estimate of drug-likeness (QED) is 0.540. The van der Waals surface area contributed by atoms with Gasteiger partial charge < -0.3 is 20.1 Å². The number of hydrogen-bond acceptors (Lipinski definition) is 5. The van der Waals surface area contributed by atoms with Crippen LogP contribution in [0.15, 0.2) is 54.7 Å². The summed E-state index contributed by atoms with van der Waals surface area (Å²) >= 11 is 0. The number of amides is 2. The van der Waals surface area contributed by atoms with Gasteiger partial charge in [-0.2, -0.15) is 5.10 Å². The zero-order valence-electron chi connectivity index (χ0n) is 19.6. The zero-order valence-corrected chi connectivity index (χ0v) is 19.6. The van der Waals surface area contributed by atoms with Crippen LogP contribution in [0, 0.1) is 5.82 Å². The highest BCUT2D eigenvalue weighted by atomic mass is 19.1. The van der Waals surface area contributed by atoms with Gasteiger partial charge in [0.25, 0.3) is 0 Å². The lowest BCUT2D eigenvalue weighted by molar-refractivity contribution is -0.0699. The van der Waals surface area contributed by atoms with Crippen molar-refractivity contribution in [2.75, 3.05) is 36.9 Å². The number of morpholine rings is 1. The first-order valence-corrected chi connectivity index (χ1v) is 11.3. The number of halogens is 1. The second-order valence-corrected chi connectivity index (χ2v) is 8.50. The van der Waals surface area contributed by atoms with Gasteiger partial charge in [0.05, 0.1) is 17.9 Å². The predicted molar refractivity (Wildman–Crippen MR) is 130 cm³/mol. The van der Waals surface area contributed by atoms with Crippen molar-refractivity contribution in [3.05, 3.63) is 60.5 Å². The number of urea groups is 1. The van der Waals surface area contributed by atoms with E-state index in [1.807, 2.05) is 25.2 Å². The minimum absolute atomic E-state index is 0.208. The molecule has 0 radical (unpaired) electrons. The molecule has 34 heavy (non-hydrogen) atoms. The Kier molecular flexibility index (Phi) is 7.44. The van der Waals surface area contributed by atoms with Gasteiger partial charge in [-0.3, -0.25) is 9.58 Å². The molecule has 1 aromatic heterocycles. The van der Waals surface area contributed by atoms with Crippen LogP contribution in [0.1, 0.15) is 13.8 Å². The van der Waals surface area contributed by atoms with Crippen molar-refractivity contribution >= 4 is 17.4 Å². The van der Waals surface area contributed by atoms with E-state index in [0.29, 0.717) is 23.7 Å². The monoisotopic (exact) mass is 467 g/mol. The van der Waals surface area contributed by atoms with Gasteiger partial charge >= 0.3 is 6.03 Å². The van der Waals surface area contributed by atoms with Crippen molar-refractivity contribution in [3.63, 3.8) is 0 Å². The summed E-state index contributed by atoms with van der Waals surface area (Å²) in [6.07, 6.45) is 2.14. The van der Waals surface area contributed by atoms with E-state index >= 15 is 0 Å². The van der Waals surface area contributed by atoms with Gasteiger partial charge in [0, 0.05) is 49.8 Å². The lowest BCUT2D eigenvalue weighted by Gasteiger charge is -2.35. The summed E-state index contributed by atoms with van der Waals surface area (Å²) in [6, 6.07) is 12.6. The van der Waals surface area contributed by atoms with Crippen molar-refractivity contribution in [3.8, 4) is 17.0 Å². The van der Waals surface area contributed by atoms with E-state index in [-0.39, 0.29) is 18.0 Å². The molecule has 1 fully saturated rings. The van der Waals surface area contributed by atoms with Crippen LogP contribution in [0.25, 0.3) is 11.3 Å². The summed E-state index contributed by atoms with van der Waals surface area (Å²) < 4.78 is 26.8. The Bertz CT molecular complexity index is 1110. The minimum Gasteiger partial charge on any atom is -0.492 e. The molecule has 2 amide bonds. The topological polar surface area (TPSA) is 80.7 Å². The van der Waals surface area contributed by atoms with E-state index < -0.39 is 6.03 Å². The molecule has 1 aliphatic rings. The molecule has 2 N–H and O–H groups in total. The molecule has 2 heterocycles. The normalized spacial score (nSPS) is 18.5. The van der Waals surface area contributed by atoms with E-state index in [4.69, 9.17) is 9.47 Å². The van der Waals surface area contributed by atoms with Crippen molar-refractivity contribution in [1.29, 1.82) is 0 Å². The van der Waals surface area contributed by atoms with Gasteiger partial charge in [-0.05, 0) is 62.4 Å². The van der Waals surface area contributed by atoms with Gasteiger partial charge in [0.2, 0.25) is 0 Å². The van der Waals surface area contributed by atoms with Crippen LogP contribution in [0.4, 0.5) is 20.6 Å². The summed E-state index contributed by atoms with van der Waals surface area (Å²) in [5.41, 5.74) is 2.78. The number of carbonyl (C=O) groups is 1. The molecule has 4 rings (SSSR count). The number of nitrogens with zero attached hydrogens (tertiary/aromatic N) is 3. The minimum atomic E-state index is -0.424. The fourth-order valence-corrected chi connectivity index (χ4v) is 4.15. The maximum Gasteiger partial charge on any atom is 0.323 e. The van der Waals surface area contributed by atoms with Crippen LogP contribution >= 0.6 is 0 Å².